The molecule has 1 N–H and O–H groups in total. The van der Waals surface area contributed by atoms with Gasteiger partial charge in [0.25, 0.3) is 0 Å². The number of halogens is 4. The number of aliphatic carboxylic acids is 1. The minimum atomic E-state index is -4.39. The number of rotatable bonds is 3. The van der Waals surface area contributed by atoms with Gasteiger partial charge < -0.3 is 5.11 Å². The summed E-state index contributed by atoms with van der Waals surface area (Å²) in [6.45, 7) is 0. The molecule has 3 nitrogen and oxygen atoms in total. The van der Waals surface area contributed by atoms with Crippen LogP contribution in [0.2, 0.25) is 5.15 Å². The van der Waals surface area contributed by atoms with E-state index in [0.717, 1.165) is 12.1 Å². The zero-order valence-electron chi connectivity index (χ0n) is 10.5. The van der Waals surface area contributed by atoms with Gasteiger partial charge in [-0.1, -0.05) is 29.8 Å². The highest BCUT2D eigenvalue weighted by atomic mass is 35.5. The molecule has 0 radical (unpaired) electrons. The summed E-state index contributed by atoms with van der Waals surface area (Å²) in [7, 11) is 0. The van der Waals surface area contributed by atoms with Crippen molar-refractivity contribution in [3.05, 3.63) is 52.7 Å². The average molecular weight is 316 g/mol. The van der Waals surface area contributed by atoms with Crippen LogP contribution in [0.1, 0.15) is 11.1 Å². The quantitative estimate of drug-likeness (QED) is 0.869. The van der Waals surface area contributed by atoms with Gasteiger partial charge in [-0.05, 0) is 18.2 Å². The Morgan fingerprint density at radius 1 is 1.14 bits per heavy atom. The number of aromatic nitrogens is 1. The number of nitrogens with zero attached hydrogens (tertiary/aromatic N) is 1. The van der Waals surface area contributed by atoms with Gasteiger partial charge in [0.15, 0.2) is 0 Å². The topological polar surface area (TPSA) is 50.2 Å². The van der Waals surface area contributed by atoms with Gasteiger partial charge in [-0.3, -0.25) is 4.79 Å². The van der Waals surface area contributed by atoms with Crippen LogP contribution in [0.15, 0.2) is 36.4 Å². The number of carbonyl (C=O) groups is 1. The molecule has 21 heavy (non-hydrogen) atoms. The van der Waals surface area contributed by atoms with E-state index >= 15 is 0 Å². The van der Waals surface area contributed by atoms with Gasteiger partial charge in [0, 0.05) is 11.1 Å². The van der Waals surface area contributed by atoms with E-state index in [4.69, 9.17) is 16.7 Å². The Morgan fingerprint density at radius 3 is 2.24 bits per heavy atom. The monoisotopic (exact) mass is 315 g/mol. The maximum Gasteiger partial charge on any atom is 0.416 e. The molecular weight excluding hydrogens is 307 g/mol. The third-order valence-corrected chi connectivity index (χ3v) is 3.10. The second-order valence-electron chi connectivity index (χ2n) is 4.29. The van der Waals surface area contributed by atoms with Crippen molar-refractivity contribution >= 4 is 17.6 Å². The first-order valence-electron chi connectivity index (χ1n) is 5.82. The number of benzene rings is 1. The molecule has 0 spiro atoms. The van der Waals surface area contributed by atoms with Gasteiger partial charge >= 0.3 is 12.1 Å². The highest BCUT2D eigenvalue weighted by molar-refractivity contribution is 6.30. The highest BCUT2D eigenvalue weighted by Crippen LogP contribution is 2.31. The largest absolute Gasteiger partial charge is 0.481 e. The fraction of sp³-hybridized carbons (Fsp3) is 0.143. The maximum absolute atomic E-state index is 12.5. The molecular formula is C14H9ClF3NO2. The van der Waals surface area contributed by atoms with Crippen LogP contribution in [0, 0.1) is 0 Å². The fourth-order valence-corrected chi connectivity index (χ4v) is 1.97. The summed E-state index contributed by atoms with van der Waals surface area (Å²) < 4.78 is 37.4. The molecule has 0 bridgehead atoms. The third kappa shape index (κ3) is 3.72. The van der Waals surface area contributed by atoms with Crippen LogP contribution in [0.4, 0.5) is 13.2 Å². The second kappa shape index (κ2) is 5.73. The Bertz CT molecular complexity index is 669. The molecule has 0 fully saturated rings. The summed E-state index contributed by atoms with van der Waals surface area (Å²) in [6.07, 6.45) is -4.66. The molecule has 0 amide bonds. The van der Waals surface area contributed by atoms with Gasteiger partial charge in [-0.15, -0.1) is 0 Å². The maximum atomic E-state index is 12.5. The summed E-state index contributed by atoms with van der Waals surface area (Å²) in [5.74, 6) is -1.04. The lowest BCUT2D eigenvalue weighted by Crippen LogP contribution is -2.04. The van der Waals surface area contributed by atoms with E-state index in [9.17, 15) is 18.0 Å². The van der Waals surface area contributed by atoms with E-state index < -0.39 is 17.7 Å². The van der Waals surface area contributed by atoms with Crippen LogP contribution in [-0.4, -0.2) is 16.1 Å². The summed E-state index contributed by atoms with van der Waals surface area (Å²) in [5.41, 5.74) is 0.439. The van der Waals surface area contributed by atoms with Crippen LogP contribution < -0.4 is 0 Å². The van der Waals surface area contributed by atoms with Crippen LogP contribution in [-0.2, 0) is 17.4 Å². The van der Waals surface area contributed by atoms with Gasteiger partial charge in [0.05, 0.1) is 17.7 Å². The number of hydrogen-bond donors (Lipinski definition) is 1. The minimum Gasteiger partial charge on any atom is -0.481 e. The van der Waals surface area contributed by atoms with Crippen molar-refractivity contribution < 1.29 is 23.1 Å². The van der Waals surface area contributed by atoms with E-state index in [2.05, 4.69) is 4.98 Å². The molecule has 0 unspecified atom stereocenters. The second-order valence-corrected chi connectivity index (χ2v) is 4.65. The molecule has 0 saturated carbocycles. The van der Waals surface area contributed by atoms with E-state index in [1.807, 2.05) is 0 Å². The van der Waals surface area contributed by atoms with E-state index in [0.29, 0.717) is 16.8 Å². The van der Waals surface area contributed by atoms with E-state index in [-0.39, 0.29) is 11.6 Å². The summed E-state index contributed by atoms with van der Waals surface area (Å²) in [6, 6.07) is 7.51. The molecule has 1 heterocycles. The third-order valence-electron chi connectivity index (χ3n) is 2.78. The smallest absolute Gasteiger partial charge is 0.416 e. The van der Waals surface area contributed by atoms with Crippen LogP contribution in [0.5, 0.6) is 0 Å². The summed E-state index contributed by atoms with van der Waals surface area (Å²) in [4.78, 5) is 14.6. The molecule has 1 aromatic carbocycles. The molecule has 0 atom stereocenters. The molecule has 1 aromatic heterocycles. The van der Waals surface area contributed by atoms with Gasteiger partial charge in [-0.25, -0.2) is 4.98 Å². The summed E-state index contributed by atoms with van der Waals surface area (Å²) in [5, 5.41) is 8.71. The number of alkyl halides is 3. The number of carboxylic acids is 1. The van der Waals surface area contributed by atoms with Crippen molar-refractivity contribution in [3.8, 4) is 11.3 Å². The Kier molecular flexibility index (Phi) is 4.18. The Balaban J connectivity index is 2.30. The molecule has 0 aliphatic heterocycles. The standard InChI is InChI=1S/C14H9ClF3NO2/c15-13-9(7-12(20)21)3-6-11(19-13)8-1-4-10(5-2-8)14(16,17)18/h1-6H,7H2,(H,20,21). The van der Waals surface area contributed by atoms with Crippen molar-refractivity contribution in [2.24, 2.45) is 0 Å². The van der Waals surface area contributed by atoms with Crippen molar-refractivity contribution in [1.29, 1.82) is 0 Å². The SMILES string of the molecule is O=C(O)Cc1ccc(-c2ccc(C(F)(F)F)cc2)nc1Cl. The van der Waals surface area contributed by atoms with Crippen molar-refractivity contribution in [2.75, 3.05) is 0 Å². The fourth-order valence-electron chi connectivity index (χ4n) is 1.75. The Hall–Kier alpha value is -2.08. The Morgan fingerprint density at radius 2 is 1.76 bits per heavy atom. The van der Waals surface area contributed by atoms with Crippen molar-refractivity contribution in [3.63, 3.8) is 0 Å². The number of hydrogen-bond acceptors (Lipinski definition) is 2. The number of carboxylic acid groups (broad SMARTS) is 1. The zero-order chi connectivity index (χ0) is 15.6. The van der Waals surface area contributed by atoms with Crippen molar-refractivity contribution in [2.45, 2.75) is 12.6 Å². The molecule has 0 saturated heterocycles. The first-order valence-corrected chi connectivity index (χ1v) is 6.20. The molecule has 0 aliphatic carbocycles. The Labute approximate surface area is 123 Å². The van der Waals surface area contributed by atoms with Gasteiger partial charge in [0.1, 0.15) is 5.15 Å². The lowest BCUT2D eigenvalue weighted by molar-refractivity contribution is -0.138. The first-order chi connectivity index (χ1) is 9.77. The molecule has 7 heteroatoms. The zero-order valence-corrected chi connectivity index (χ0v) is 11.2. The lowest BCUT2D eigenvalue weighted by atomic mass is 10.1. The predicted octanol–water partition coefficient (Wildman–Crippen LogP) is 4.05. The average Bonchev–Trinajstić information content (AvgIpc) is 2.40. The van der Waals surface area contributed by atoms with Crippen molar-refractivity contribution in [1.82, 2.24) is 4.98 Å². The highest BCUT2D eigenvalue weighted by Gasteiger charge is 2.30. The molecule has 2 aromatic rings. The van der Waals surface area contributed by atoms with E-state index in [1.165, 1.54) is 24.3 Å². The minimum absolute atomic E-state index is 0.0230. The van der Waals surface area contributed by atoms with Gasteiger partial charge in [-0.2, -0.15) is 13.2 Å². The van der Waals surface area contributed by atoms with Gasteiger partial charge in [0.2, 0.25) is 0 Å². The summed E-state index contributed by atoms with van der Waals surface area (Å²) >= 11 is 5.87. The molecule has 110 valence electrons. The van der Waals surface area contributed by atoms with Crippen LogP contribution in [0.25, 0.3) is 11.3 Å². The first kappa shape index (κ1) is 15.3. The normalized spacial score (nSPS) is 11.4. The molecule has 0 aliphatic rings. The predicted molar refractivity (Wildman–Crippen MR) is 71.0 cm³/mol. The van der Waals surface area contributed by atoms with Crippen LogP contribution >= 0.6 is 11.6 Å². The lowest BCUT2D eigenvalue weighted by Gasteiger charge is -2.08. The number of pyridine rings is 1. The van der Waals surface area contributed by atoms with E-state index in [1.54, 1.807) is 0 Å². The van der Waals surface area contributed by atoms with Crippen LogP contribution in [0.3, 0.4) is 0 Å². The molecule has 2 rings (SSSR count).